The summed E-state index contributed by atoms with van der Waals surface area (Å²) in [5.41, 5.74) is 1.18. The van der Waals surface area contributed by atoms with Gasteiger partial charge in [-0.25, -0.2) is 0 Å². The largest absolute Gasteiger partial charge is 0.493 e. The van der Waals surface area contributed by atoms with E-state index < -0.39 is 0 Å². The Balaban J connectivity index is 2.13. The second kappa shape index (κ2) is 9.27. The SMILES string of the molecule is CNC(=O)COc1ccc(/C=C/C(=O)c2ccc(Cl)c(Cl)c2)cc1OC. The predicted octanol–water partition coefficient (Wildman–Crippen LogP) is 4.02. The van der Waals surface area contributed by atoms with Crippen LogP contribution in [0.15, 0.2) is 42.5 Å². The zero-order chi connectivity index (χ0) is 19.1. The summed E-state index contributed by atoms with van der Waals surface area (Å²) >= 11 is 11.8. The fraction of sp³-hybridized carbons (Fsp3) is 0.158. The van der Waals surface area contributed by atoms with E-state index in [2.05, 4.69) is 5.32 Å². The van der Waals surface area contributed by atoms with Gasteiger partial charge in [0.05, 0.1) is 17.2 Å². The molecule has 0 aliphatic heterocycles. The summed E-state index contributed by atoms with van der Waals surface area (Å²) < 4.78 is 10.7. The van der Waals surface area contributed by atoms with Gasteiger partial charge in [0, 0.05) is 12.6 Å². The van der Waals surface area contributed by atoms with Crippen molar-refractivity contribution in [3.05, 3.63) is 63.6 Å². The van der Waals surface area contributed by atoms with Gasteiger partial charge in [-0.05, 0) is 42.0 Å². The van der Waals surface area contributed by atoms with Gasteiger partial charge in [-0.3, -0.25) is 9.59 Å². The van der Waals surface area contributed by atoms with Crippen molar-refractivity contribution in [2.75, 3.05) is 20.8 Å². The number of ketones is 1. The topological polar surface area (TPSA) is 64.6 Å². The summed E-state index contributed by atoms with van der Waals surface area (Å²) in [5, 5.41) is 3.19. The first-order chi connectivity index (χ1) is 12.4. The monoisotopic (exact) mass is 393 g/mol. The van der Waals surface area contributed by atoms with Crippen molar-refractivity contribution in [1.29, 1.82) is 0 Å². The van der Waals surface area contributed by atoms with Crippen LogP contribution in [0, 0.1) is 0 Å². The number of halogens is 2. The minimum atomic E-state index is -0.247. The van der Waals surface area contributed by atoms with E-state index in [1.54, 1.807) is 36.4 Å². The Kier molecular flexibility index (Phi) is 7.06. The van der Waals surface area contributed by atoms with E-state index in [0.29, 0.717) is 27.1 Å². The molecule has 136 valence electrons. The van der Waals surface area contributed by atoms with Gasteiger partial charge in [0.25, 0.3) is 5.91 Å². The number of methoxy groups -OCH3 is 1. The van der Waals surface area contributed by atoms with E-state index in [1.165, 1.54) is 26.3 Å². The van der Waals surface area contributed by atoms with Crippen LogP contribution in [0.2, 0.25) is 10.0 Å². The van der Waals surface area contributed by atoms with Crippen LogP contribution in [0.4, 0.5) is 0 Å². The lowest BCUT2D eigenvalue weighted by Crippen LogP contribution is -2.24. The summed E-state index contributed by atoms with van der Waals surface area (Å²) in [6.07, 6.45) is 3.08. The third-order valence-corrected chi connectivity index (χ3v) is 4.20. The van der Waals surface area contributed by atoms with Crippen LogP contribution in [-0.2, 0) is 4.79 Å². The van der Waals surface area contributed by atoms with E-state index in [9.17, 15) is 9.59 Å². The van der Waals surface area contributed by atoms with Crippen LogP contribution in [0.25, 0.3) is 6.08 Å². The Morgan fingerprint density at radius 1 is 1.08 bits per heavy atom. The molecule has 7 heteroatoms. The number of rotatable bonds is 7. The molecule has 1 N–H and O–H groups in total. The van der Waals surface area contributed by atoms with E-state index >= 15 is 0 Å². The van der Waals surface area contributed by atoms with Crippen molar-refractivity contribution in [2.24, 2.45) is 0 Å². The van der Waals surface area contributed by atoms with Crippen LogP contribution in [0.5, 0.6) is 11.5 Å². The highest BCUT2D eigenvalue weighted by atomic mass is 35.5. The first-order valence-electron chi connectivity index (χ1n) is 7.63. The first-order valence-corrected chi connectivity index (χ1v) is 8.39. The zero-order valence-corrected chi connectivity index (χ0v) is 15.7. The molecule has 0 heterocycles. The number of benzene rings is 2. The number of hydrogen-bond acceptors (Lipinski definition) is 4. The lowest BCUT2D eigenvalue weighted by molar-refractivity contribution is -0.122. The minimum Gasteiger partial charge on any atom is -0.493 e. The number of carbonyl (C=O) groups excluding carboxylic acids is 2. The molecule has 2 aromatic rings. The maximum absolute atomic E-state index is 12.2. The number of carbonyl (C=O) groups is 2. The minimum absolute atomic E-state index is 0.113. The Bertz CT molecular complexity index is 849. The van der Waals surface area contributed by atoms with Crippen LogP contribution >= 0.6 is 23.2 Å². The molecular weight excluding hydrogens is 377 g/mol. The maximum Gasteiger partial charge on any atom is 0.257 e. The number of allylic oxidation sites excluding steroid dienone is 1. The molecule has 2 aromatic carbocycles. The lowest BCUT2D eigenvalue weighted by atomic mass is 10.1. The van der Waals surface area contributed by atoms with Crippen LogP contribution in [-0.4, -0.2) is 32.5 Å². The van der Waals surface area contributed by atoms with Crippen molar-refractivity contribution in [3.63, 3.8) is 0 Å². The zero-order valence-electron chi connectivity index (χ0n) is 14.2. The molecule has 0 spiro atoms. The second-order valence-electron chi connectivity index (χ2n) is 5.20. The molecule has 0 unspecified atom stereocenters. The summed E-state index contributed by atoms with van der Waals surface area (Å²) in [6.45, 7) is -0.113. The Morgan fingerprint density at radius 2 is 1.85 bits per heavy atom. The molecular formula is C19H17Cl2NO4. The molecule has 0 fully saturated rings. The lowest BCUT2D eigenvalue weighted by Gasteiger charge is -2.10. The van der Waals surface area contributed by atoms with Crippen LogP contribution < -0.4 is 14.8 Å². The molecule has 0 saturated carbocycles. The highest BCUT2D eigenvalue weighted by Crippen LogP contribution is 2.29. The van der Waals surface area contributed by atoms with Gasteiger partial charge in [0.2, 0.25) is 0 Å². The predicted molar refractivity (Wildman–Crippen MR) is 102 cm³/mol. The highest BCUT2D eigenvalue weighted by molar-refractivity contribution is 6.42. The van der Waals surface area contributed by atoms with Crippen molar-refractivity contribution in [1.82, 2.24) is 5.32 Å². The molecule has 1 amide bonds. The molecule has 0 atom stereocenters. The van der Waals surface area contributed by atoms with Gasteiger partial charge in [-0.1, -0.05) is 35.3 Å². The maximum atomic E-state index is 12.2. The molecule has 0 aliphatic rings. The molecule has 0 radical (unpaired) electrons. The molecule has 0 aliphatic carbocycles. The summed E-state index contributed by atoms with van der Waals surface area (Å²) in [5.74, 6) is 0.438. The van der Waals surface area contributed by atoms with Gasteiger partial charge >= 0.3 is 0 Å². The van der Waals surface area contributed by atoms with Crippen LogP contribution in [0.3, 0.4) is 0 Å². The third kappa shape index (κ3) is 5.25. The number of ether oxygens (including phenoxy) is 2. The van der Waals surface area contributed by atoms with Gasteiger partial charge in [-0.2, -0.15) is 0 Å². The van der Waals surface area contributed by atoms with E-state index in [0.717, 1.165) is 5.56 Å². The van der Waals surface area contributed by atoms with Crippen molar-refractivity contribution in [3.8, 4) is 11.5 Å². The number of likely N-dealkylation sites (N-methyl/N-ethyl adjacent to an activating group) is 1. The smallest absolute Gasteiger partial charge is 0.257 e. The van der Waals surface area contributed by atoms with E-state index in [4.69, 9.17) is 32.7 Å². The Labute approximate surface area is 161 Å². The molecule has 0 saturated heterocycles. The number of amides is 1. The highest BCUT2D eigenvalue weighted by Gasteiger charge is 2.08. The Hall–Kier alpha value is -2.50. The quantitative estimate of drug-likeness (QED) is 0.569. The molecule has 5 nitrogen and oxygen atoms in total. The van der Waals surface area contributed by atoms with Gasteiger partial charge in [0.15, 0.2) is 23.9 Å². The van der Waals surface area contributed by atoms with Crippen molar-refractivity contribution >= 4 is 41.0 Å². The van der Waals surface area contributed by atoms with Gasteiger partial charge < -0.3 is 14.8 Å². The van der Waals surface area contributed by atoms with Gasteiger partial charge in [0.1, 0.15) is 0 Å². The van der Waals surface area contributed by atoms with E-state index in [-0.39, 0.29) is 18.3 Å². The molecule has 26 heavy (non-hydrogen) atoms. The molecule has 2 rings (SSSR count). The summed E-state index contributed by atoms with van der Waals surface area (Å²) in [7, 11) is 3.03. The summed E-state index contributed by atoms with van der Waals surface area (Å²) in [4.78, 5) is 23.5. The third-order valence-electron chi connectivity index (χ3n) is 3.46. The van der Waals surface area contributed by atoms with Gasteiger partial charge in [-0.15, -0.1) is 0 Å². The first kappa shape index (κ1) is 19.8. The number of nitrogens with one attached hydrogen (secondary N) is 1. The van der Waals surface area contributed by atoms with Crippen molar-refractivity contribution in [2.45, 2.75) is 0 Å². The number of hydrogen-bond donors (Lipinski definition) is 1. The normalized spacial score (nSPS) is 10.6. The standard InChI is InChI=1S/C19H17Cl2NO4/c1-22-19(24)11-26-17-8-4-12(9-18(17)25-2)3-7-16(23)13-5-6-14(20)15(21)10-13/h3-10H,11H2,1-2H3,(H,22,24)/b7-3+. The fourth-order valence-corrected chi connectivity index (χ4v) is 2.34. The average molecular weight is 394 g/mol. The average Bonchev–Trinajstić information content (AvgIpc) is 2.66. The second-order valence-corrected chi connectivity index (χ2v) is 6.01. The molecule has 0 bridgehead atoms. The fourth-order valence-electron chi connectivity index (χ4n) is 2.04. The Morgan fingerprint density at radius 3 is 2.50 bits per heavy atom. The van der Waals surface area contributed by atoms with Crippen LogP contribution in [0.1, 0.15) is 15.9 Å². The van der Waals surface area contributed by atoms with Crippen molar-refractivity contribution < 1.29 is 19.1 Å². The molecule has 0 aromatic heterocycles. The van der Waals surface area contributed by atoms with E-state index in [1.807, 2.05) is 0 Å². The summed E-state index contributed by atoms with van der Waals surface area (Å²) in [6, 6.07) is 9.83.